The summed E-state index contributed by atoms with van der Waals surface area (Å²) < 4.78 is 6.39. The van der Waals surface area contributed by atoms with Gasteiger partial charge in [-0.1, -0.05) is 6.07 Å². The summed E-state index contributed by atoms with van der Waals surface area (Å²) >= 11 is 0. The molecule has 2 saturated heterocycles. The van der Waals surface area contributed by atoms with Gasteiger partial charge in [-0.25, -0.2) is 4.98 Å². The van der Waals surface area contributed by atoms with Crippen LogP contribution in [0.15, 0.2) is 42.6 Å². The van der Waals surface area contributed by atoms with Crippen LogP contribution >= 0.6 is 0 Å². The van der Waals surface area contributed by atoms with Crippen LogP contribution in [0.1, 0.15) is 23.7 Å². The van der Waals surface area contributed by atoms with Gasteiger partial charge in [0, 0.05) is 69.6 Å². The van der Waals surface area contributed by atoms with E-state index in [9.17, 15) is 5.26 Å². The number of fused-ring (bicyclic) bond motifs is 2. The van der Waals surface area contributed by atoms with E-state index < -0.39 is 0 Å². The SMILES string of the molecule is C[C@@H]1CN(c2ccc(C#N)c3ncccc23)C[C@H](CN2CCN(c3ccc4c(n3)CNCC4)CC2)O1. The molecule has 3 aromatic rings. The van der Waals surface area contributed by atoms with Crippen LogP contribution < -0.4 is 15.1 Å². The van der Waals surface area contributed by atoms with Gasteiger partial charge in [-0.05, 0) is 55.8 Å². The molecule has 0 spiro atoms. The average molecular weight is 484 g/mol. The van der Waals surface area contributed by atoms with Gasteiger partial charge in [0.2, 0.25) is 0 Å². The number of ether oxygens (including phenoxy) is 1. The molecule has 3 aliphatic heterocycles. The second kappa shape index (κ2) is 10.0. The number of anilines is 2. The Bertz CT molecular complexity index is 1280. The van der Waals surface area contributed by atoms with Gasteiger partial charge in [-0.3, -0.25) is 9.88 Å². The zero-order valence-electron chi connectivity index (χ0n) is 20.9. The van der Waals surface area contributed by atoms with E-state index in [4.69, 9.17) is 9.72 Å². The summed E-state index contributed by atoms with van der Waals surface area (Å²) in [5, 5.41) is 14.0. The predicted molar refractivity (Wildman–Crippen MR) is 141 cm³/mol. The number of hydrogen-bond donors (Lipinski definition) is 1. The van der Waals surface area contributed by atoms with Crippen molar-refractivity contribution < 1.29 is 4.74 Å². The Morgan fingerprint density at radius 2 is 1.97 bits per heavy atom. The molecule has 1 aromatic carbocycles. The Labute approximate surface area is 212 Å². The van der Waals surface area contributed by atoms with Crippen molar-refractivity contribution in [3.05, 3.63) is 59.4 Å². The van der Waals surface area contributed by atoms with Crippen molar-refractivity contribution in [2.75, 3.05) is 62.2 Å². The fourth-order valence-corrected chi connectivity index (χ4v) is 5.82. The molecular weight excluding hydrogens is 450 g/mol. The molecule has 36 heavy (non-hydrogen) atoms. The minimum Gasteiger partial charge on any atom is -0.370 e. The second-order valence-corrected chi connectivity index (χ2v) is 10.1. The zero-order valence-corrected chi connectivity index (χ0v) is 20.9. The smallest absolute Gasteiger partial charge is 0.128 e. The third-order valence-electron chi connectivity index (χ3n) is 7.61. The molecular formula is C28H33N7O. The maximum Gasteiger partial charge on any atom is 0.128 e. The Hall–Kier alpha value is -3.25. The van der Waals surface area contributed by atoms with Crippen LogP contribution in [0.5, 0.6) is 0 Å². The first kappa shape index (κ1) is 23.2. The van der Waals surface area contributed by atoms with Gasteiger partial charge in [-0.15, -0.1) is 0 Å². The van der Waals surface area contributed by atoms with Crippen LogP contribution in [0.3, 0.4) is 0 Å². The first-order chi connectivity index (χ1) is 17.7. The average Bonchev–Trinajstić information content (AvgIpc) is 2.92. The third-order valence-corrected chi connectivity index (χ3v) is 7.61. The van der Waals surface area contributed by atoms with Gasteiger partial charge in [0.25, 0.3) is 0 Å². The van der Waals surface area contributed by atoms with Gasteiger partial charge >= 0.3 is 0 Å². The first-order valence-electron chi connectivity index (χ1n) is 13.0. The predicted octanol–water partition coefficient (Wildman–Crippen LogP) is 2.56. The molecule has 8 heteroatoms. The fourth-order valence-electron chi connectivity index (χ4n) is 5.82. The fraction of sp³-hybridized carbons (Fsp3) is 0.464. The lowest BCUT2D eigenvalue weighted by atomic mass is 10.1. The summed E-state index contributed by atoms with van der Waals surface area (Å²) in [6.45, 7) is 10.6. The highest BCUT2D eigenvalue weighted by molar-refractivity contribution is 5.95. The highest BCUT2D eigenvalue weighted by Gasteiger charge is 2.29. The highest BCUT2D eigenvalue weighted by Crippen LogP contribution is 2.30. The molecule has 0 saturated carbocycles. The number of aromatic nitrogens is 2. The Balaban J connectivity index is 1.11. The van der Waals surface area contributed by atoms with Crippen LogP contribution in [0, 0.1) is 11.3 Å². The number of rotatable bonds is 4. The molecule has 2 atom stereocenters. The third kappa shape index (κ3) is 4.62. The molecule has 0 aliphatic carbocycles. The number of benzene rings is 1. The molecule has 0 unspecified atom stereocenters. The Kier molecular flexibility index (Phi) is 6.45. The van der Waals surface area contributed by atoms with E-state index in [0.717, 1.165) is 87.7 Å². The van der Waals surface area contributed by atoms with E-state index in [-0.39, 0.29) is 12.2 Å². The van der Waals surface area contributed by atoms with Gasteiger partial charge in [0.15, 0.2) is 0 Å². The Morgan fingerprint density at radius 1 is 1.08 bits per heavy atom. The minimum absolute atomic E-state index is 0.135. The van der Waals surface area contributed by atoms with E-state index >= 15 is 0 Å². The standard InChI is InChI=1S/C28H33N7O/c1-20-17-35(26-6-4-22(15-29)28-24(26)3-2-9-31-28)19-23(36-20)18-33-11-13-34(14-12-33)27-7-5-21-8-10-30-16-25(21)32-27/h2-7,9,20,23,30H,8,10-14,16-19H2,1H3/t20-,23+/m1/s1. The van der Waals surface area contributed by atoms with Crippen LogP contribution in [0.25, 0.3) is 10.9 Å². The van der Waals surface area contributed by atoms with E-state index in [1.54, 1.807) is 6.20 Å². The van der Waals surface area contributed by atoms with Crippen molar-refractivity contribution >= 4 is 22.4 Å². The molecule has 1 N–H and O–H groups in total. The summed E-state index contributed by atoms with van der Waals surface area (Å²) in [6, 6.07) is 14.7. The van der Waals surface area contributed by atoms with Crippen LogP contribution in [0.4, 0.5) is 11.5 Å². The molecule has 8 nitrogen and oxygen atoms in total. The molecule has 2 aromatic heterocycles. The summed E-state index contributed by atoms with van der Waals surface area (Å²) in [7, 11) is 0. The van der Waals surface area contributed by atoms with E-state index in [1.807, 2.05) is 12.1 Å². The molecule has 5 heterocycles. The van der Waals surface area contributed by atoms with Crippen molar-refractivity contribution in [2.24, 2.45) is 0 Å². The molecule has 186 valence electrons. The van der Waals surface area contributed by atoms with Crippen molar-refractivity contribution in [1.29, 1.82) is 5.26 Å². The molecule has 2 fully saturated rings. The number of morpholine rings is 1. The van der Waals surface area contributed by atoms with Crippen molar-refractivity contribution in [2.45, 2.75) is 32.1 Å². The summed E-state index contributed by atoms with van der Waals surface area (Å²) in [5.74, 6) is 1.10. The van der Waals surface area contributed by atoms with Crippen molar-refractivity contribution in [3.8, 4) is 6.07 Å². The van der Waals surface area contributed by atoms with Crippen LogP contribution in [-0.2, 0) is 17.7 Å². The molecule has 3 aliphatic rings. The Morgan fingerprint density at radius 3 is 2.83 bits per heavy atom. The zero-order chi connectivity index (χ0) is 24.5. The summed E-state index contributed by atoms with van der Waals surface area (Å²) in [5.41, 5.74) is 5.12. The van der Waals surface area contributed by atoms with E-state index in [0.29, 0.717) is 5.56 Å². The number of nitrogens with zero attached hydrogens (tertiary/aromatic N) is 6. The van der Waals surface area contributed by atoms with Gasteiger partial charge in [0.05, 0.1) is 29.0 Å². The quantitative estimate of drug-likeness (QED) is 0.607. The van der Waals surface area contributed by atoms with Gasteiger partial charge in [-0.2, -0.15) is 5.26 Å². The maximum atomic E-state index is 9.51. The van der Waals surface area contributed by atoms with Crippen LogP contribution in [-0.4, -0.2) is 79.4 Å². The monoisotopic (exact) mass is 483 g/mol. The van der Waals surface area contributed by atoms with Crippen LogP contribution in [0.2, 0.25) is 0 Å². The number of nitrogens with one attached hydrogen (secondary N) is 1. The van der Waals surface area contributed by atoms with Crippen molar-refractivity contribution in [3.63, 3.8) is 0 Å². The molecule has 0 bridgehead atoms. The summed E-state index contributed by atoms with van der Waals surface area (Å²) in [6.07, 6.45) is 3.10. The minimum atomic E-state index is 0.135. The summed E-state index contributed by atoms with van der Waals surface area (Å²) in [4.78, 5) is 16.8. The van der Waals surface area contributed by atoms with Gasteiger partial charge < -0.3 is 19.9 Å². The number of hydrogen-bond acceptors (Lipinski definition) is 8. The number of pyridine rings is 2. The van der Waals surface area contributed by atoms with E-state index in [1.165, 1.54) is 11.3 Å². The lowest BCUT2D eigenvalue weighted by Crippen LogP contribution is -2.54. The van der Waals surface area contributed by atoms with Gasteiger partial charge in [0.1, 0.15) is 11.9 Å². The topological polar surface area (TPSA) is 80.6 Å². The largest absolute Gasteiger partial charge is 0.370 e. The lowest BCUT2D eigenvalue weighted by molar-refractivity contribution is -0.0327. The first-order valence-corrected chi connectivity index (χ1v) is 13.0. The van der Waals surface area contributed by atoms with E-state index in [2.05, 4.69) is 62.3 Å². The highest BCUT2D eigenvalue weighted by atomic mass is 16.5. The van der Waals surface area contributed by atoms with Crippen molar-refractivity contribution in [1.82, 2.24) is 20.2 Å². The number of piperazine rings is 1. The molecule has 0 amide bonds. The molecule has 6 rings (SSSR count). The maximum absolute atomic E-state index is 9.51. The normalized spacial score (nSPS) is 22.9. The lowest BCUT2D eigenvalue weighted by Gasteiger charge is -2.42. The molecule has 0 radical (unpaired) electrons. The second-order valence-electron chi connectivity index (χ2n) is 10.1. The number of nitriles is 1.